The molecule has 1 aliphatic carbocycles. The Balaban J connectivity index is 0.00000280. The van der Waals surface area contributed by atoms with E-state index in [2.05, 4.69) is 10.3 Å². The third-order valence-electron chi connectivity index (χ3n) is 4.56. The number of halogens is 2. The Bertz CT molecular complexity index is 863. The number of carbonyl (C=O) groups excluding carboxylic acids is 2. The van der Waals surface area contributed by atoms with E-state index < -0.39 is 11.7 Å². The molecule has 3 N–H and O–H groups in total. The molecule has 0 saturated heterocycles. The molecule has 3 rings (SSSR count). The molecular formula is C19H22ClFN4O3. The molecule has 0 bridgehead atoms. The number of hydroxylamine groups is 1. The average Bonchev–Trinajstić information content (AvgIpc) is 3.16. The van der Waals surface area contributed by atoms with E-state index in [0.717, 1.165) is 31.8 Å². The van der Waals surface area contributed by atoms with Crippen molar-refractivity contribution in [2.75, 3.05) is 5.32 Å². The molecule has 1 fully saturated rings. The van der Waals surface area contributed by atoms with Crippen LogP contribution in [0.25, 0.3) is 6.08 Å². The molecule has 0 spiro atoms. The maximum absolute atomic E-state index is 14.2. The van der Waals surface area contributed by atoms with Crippen molar-refractivity contribution in [3.8, 4) is 0 Å². The molecule has 1 aliphatic rings. The van der Waals surface area contributed by atoms with Gasteiger partial charge in [-0.2, -0.15) is 0 Å². The number of aromatic nitrogens is 2. The Hall–Kier alpha value is -2.71. The van der Waals surface area contributed by atoms with Crippen LogP contribution in [0.5, 0.6) is 0 Å². The van der Waals surface area contributed by atoms with Crippen LogP contribution in [-0.4, -0.2) is 26.6 Å². The highest BCUT2D eigenvalue weighted by atomic mass is 35.5. The number of rotatable bonds is 5. The summed E-state index contributed by atoms with van der Waals surface area (Å²) in [6.45, 7) is 0. The summed E-state index contributed by atoms with van der Waals surface area (Å²) in [6.07, 6.45) is 12.3. The van der Waals surface area contributed by atoms with Crippen molar-refractivity contribution in [1.29, 1.82) is 0 Å². The highest BCUT2D eigenvalue weighted by Crippen LogP contribution is 2.26. The molecule has 0 radical (unpaired) electrons. The Morgan fingerprint density at radius 3 is 2.71 bits per heavy atom. The van der Waals surface area contributed by atoms with Crippen molar-refractivity contribution in [1.82, 2.24) is 15.0 Å². The monoisotopic (exact) mass is 408 g/mol. The summed E-state index contributed by atoms with van der Waals surface area (Å²) in [5.74, 6) is -1.19. The van der Waals surface area contributed by atoms with Crippen molar-refractivity contribution in [3.05, 3.63) is 48.2 Å². The van der Waals surface area contributed by atoms with Gasteiger partial charge >= 0.3 is 0 Å². The van der Waals surface area contributed by atoms with Gasteiger partial charge < -0.3 is 5.32 Å². The van der Waals surface area contributed by atoms with Gasteiger partial charge in [-0.25, -0.2) is 14.9 Å². The number of amides is 1. The minimum Gasteiger partial charge on any atom is -0.337 e. The maximum Gasteiger partial charge on any atom is 0.267 e. The van der Waals surface area contributed by atoms with Crippen LogP contribution in [0, 0.1) is 11.7 Å². The lowest BCUT2D eigenvalue weighted by Gasteiger charge is -2.20. The van der Waals surface area contributed by atoms with Gasteiger partial charge in [0.15, 0.2) is 11.6 Å². The normalized spacial score (nSPS) is 14.5. The minimum absolute atomic E-state index is 0. The van der Waals surface area contributed by atoms with Crippen molar-refractivity contribution < 1.29 is 19.2 Å². The zero-order valence-corrected chi connectivity index (χ0v) is 15.9. The number of anilines is 2. The highest BCUT2D eigenvalue weighted by molar-refractivity contribution is 5.90. The van der Waals surface area contributed by atoms with E-state index in [-0.39, 0.29) is 30.0 Å². The SMILES string of the molecule is Cl.O=C(C=Cc1cnc(Nc2ccn(C(=O)C3CCCCC3)c2)c(F)c1)NO. The molecule has 0 aromatic carbocycles. The molecule has 0 aliphatic heterocycles. The molecule has 150 valence electrons. The van der Waals surface area contributed by atoms with Crippen LogP contribution < -0.4 is 10.8 Å². The van der Waals surface area contributed by atoms with Crippen LogP contribution >= 0.6 is 12.4 Å². The largest absolute Gasteiger partial charge is 0.337 e. The number of nitrogens with zero attached hydrogens (tertiary/aromatic N) is 2. The lowest BCUT2D eigenvalue weighted by Crippen LogP contribution is -2.22. The molecular weight excluding hydrogens is 387 g/mol. The van der Waals surface area contributed by atoms with Gasteiger partial charge in [-0.3, -0.25) is 19.4 Å². The summed E-state index contributed by atoms with van der Waals surface area (Å²) in [5.41, 5.74) is 2.38. The maximum atomic E-state index is 14.2. The fourth-order valence-electron chi connectivity index (χ4n) is 3.15. The second-order valence-corrected chi connectivity index (χ2v) is 6.51. The third-order valence-corrected chi connectivity index (χ3v) is 4.56. The first-order chi connectivity index (χ1) is 13.1. The van der Waals surface area contributed by atoms with E-state index in [1.165, 1.54) is 30.2 Å². The average molecular weight is 409 g/mol. The summed E-state index contributed by atoms with van der Waals surface area (Å²) >= 11 is 0. The van der Waals surface area contributed by atoms with Crippen molar-refractivity contribution in [2.45, 2.75) is 32.1 Å². The summed E-state index contributed by atoms with van der Waals surface area (Å²) in [6, 6.07) is 2.90. The number of carbonyl (C=O) groups is 2. The summed E-state index contributed by atoms with van der Waals surface area (Å²) in [4.78, 5) is 27.5. The van der Waals surface area contributed by atoms with Gasteiger partial charge in [0.05, 0.1) is 5.69 Å². The van der Waals surface area contributed by atoms with Gasteiger partial charge in [-0.15, -0.1) is 12.4 Å². The van der Waals surface area contributed by atoms with Gasteiger partial charge in [0.25, 0.3) is 5.91 Å². The van der Waals surface area contributed by atoms with E-state index in [0.29, 0.717) is 11.3 Å². The zero-order valence-electron chi connectivity index (χ0n) is 15.1. The highest BCUT2D eigenvalue weighted by Gasteiger charge is 2.22. The molecule has 2 aromatic rings. The number of hydrogen-bond donors (Lipinski definition) is 3. The molecule has 2 aromatic heterocycles. The summed E-state index contributed by atoms with van der Waals surface area (Å²) < 4.78 is 15.8. The van der Waals surface area contributed by atoms with Crippen molar-refractivity contribution in [3.63, 3.8) is 0 Å². The van der Waals surface area contributed by atoms with Gasteiger partial charge in [-0.1, -0.05) is 19.3 Å². The van der Waals surface area contributed by atoms with Crippen LogP contribution in [0.15, 0.2) is 36.8 Å². The number of hydrogen-bond acceptors (Lipinski definition) is 5. The molecule has 2 heterocycles. The molecule has 28 heavy (non-hydrogen) atoms. The molecule has 1 amide bonds. The molecule has 9 heteroatoms. The Morgan fingerprint density at radius 2 is 2.04 bits per heavy atom. The first-order valence-electron chi connectivity index (χ1n) is 8.84. The Labute approximate surface area is 168 Å². The second-order valence-electron chi connectivity index (χ2n) is 6.51. The Morgan fingerprint density at radius 1 is 1.29 bits per heavy atom. The molecule has 7 nitrogen and oxygen atoms in total. The number of pyridine rings is 1. The van der Waals surface area contributed by atoms with Crippen LogP contribution in [0.3, 0.4) is 0 Å². The van der Waals surface area contributed by atoms with Crippen LogP contribution in [-0.2, 0) is 4.79 Å². The van der Waals surface area contributed by atoms with E-state index in [4.69, 9.17) is 5.21 Å². The quantitative estimate of drug-likeness (QED) is 0.396. The van der Waals surface area contributed by atoms with E-state index in [1.54, 1.807) is 23.0 Å². The van der Waals surface area contributed by atoms with Gasteiger partial charge in [0.1, 0.15) is 0 Å². The lowest BCUT2D eigenvalue weighted by atomic mass is 9.88. The molecule has 1 saturated carbocycles. The van der Waals surface area contributed by atoms with Crippen molar-refractivity contribution in [2.24, 2.45) is 5.92 Å². The van der Waals surface area contributed by atoms with Gasteiger partial charge in [0, 0.05) is 30.6 Å². The lowest BCUT2D eigenvalue weighted by molar-refractivity contribution is -0.124. The summed E-state index contributed by atoms with van der Waals surface area (Å²) in [5, 5.41) is 11.3. The second kappa shape index (κ2) is 10.0. The zero-order chi connectivity index (χ0) is 19.2. The van der Waals surface area contributed by atoms with E-state index in [9.17, 15) is 14.0 Å². The van der Waals surface area contributed by atoms with E-state index >= 15 is 0 Å². The first-order valence-corrected chi connectivity index (χ1v) is 8.84. The van der Waals surface area contributed by atoms with E-state index in [1.807, 2.05) is 0 Å². The molecule has 0 atom stereocenters. The molecule has 0 unspecified atom stereocenters. The van der Waals surface area contributed by atoms with Gasteiger partial charge in [0.2, 0.25) is 5.91 Å². The minimum atomic E-state index is -0.721. The predicted octanol–water partition coefficient (Wildman–Crippen LogP) is 3.93. The topological polar surface area (TPSA) is 96.2 Å². The van der Waals surface area contributed by atoms with Gasteiger partial charge in [-0.05, 0) is 36.6 Å². The smallest absolute Gasteiger partial charge is 0.267 e. The predicted molar refractivity (Wildman–Crippen MR) is 105 cm³/mol. The first kappa shape index (κ1) is 21.6. The number of nitrogens with one attached hydrogen (secondary N) is 2. The van der Waals surface area contributed by atoms with Crippen LogP contribution in [0.4, 0.5) is 15.9 Å². The standard InChI is InChI=1S/C19H21FN4O3.ClH/c20-16-10-13(6-7-17(25)23-27)11-21-18(16)22-15-8-9-24(12-15)19(26)14-4-2-1-3-5-14;/h6-12,14,27H,1-5H2,(H,21,22)(H,23,25);1H. The summed E-state index contributed by atoms with van der Waals surface area (Å²) in [7, 11) is 0. The van der Waals surface area contributed by atoms with Crippen molar-refractivity contribution >= 4 is 41.8 Å². The van der Waals surface area contributed by atoms with Crippen LogP contribution in [0.2, 0.25) is 0 Å². The van der Waals surface area contributed by atoms with Crippen LogP contribution in [0.1, 0.15) is 42.5 Å². The fraction of sp³-hybridized carbons (Fsp3) is 0.316. The Kier molecular flexibility index (Phi) is 7.71. The fourth-order valence-corrected chi connectivity index (χ4v) is 3.15. The third kappa shape index (κ3) is 5.40.